The summed E-state index contributed by atoms with van der Waals surface area (Å²) in [5.74, 6) is 1.54. The van der Waals surface area contributed by atoms with Crippen LogP contribution in [0.1, 0.15) is 48.8 Å². The zero-order valence-electron chi connectivity index (χ0n) is 12.8. The van der Waals surface area contributed by atoms with Gasteiger partial charge in [0.2, 0.25) is 0 Å². The second-order valence-electron chi connectivity index (χ2n) is 5.72. The van der Waals surface area contributed by atoms with Crippen molar-refractivity contribution < 1.29 is 9.47 Å². The minimum atomic E-state index is -0.337. The zero-order valence-corrected chi connectivity index (χ0v) is 13.6. The van der Waals surface area contributed by atoms with E-state index in [4.69, 9.17) is 26.8 Å². The molecule has 1 aromatic carbocycles. The second kappa shape index (κ2) is 5.82. The van der Waals surface area contributed by atoms with Crippen LogP contribution in [0.25, 0.3) is 0 Å². The molecule has 0 heterocycles. The quantitative estimate of drug-likeness (QED) is 0.914. The molecule has 4 heteroatoms. The molecule has 20 heavy (non-hydrogen) atoms. The van der Waals surface area contributed by atoms with E-state index in [0.29, 0.717) is 5.02 Å². The maximum atomic E-state index is 6.72. The third-order valence-corrected chi connectivity index (χ3v) is 4.92. The van der Waals surface area contributed by atoms with E-state index in [2.05, 4.69) is 0 Å². The Bertz CT molecular complexity index is 508. The van der Waals surface area contributed by atoms with E-state index in [9.17, 15) is 0 Å². The molecule has 0 saturated heterocycles. The van der Waals surface area contributed by atoms with Crippen LogP contribution in [0.3, 0.4) is 0 Å². The highest BCUT2D eigenvalue weighted by molar-refractivity contribution is 6.33. The highest BCUT2D eigenvalue weighted by Gasteiger charge is 2.36. The van der Waals surface area contributed by atoms with Crippen molar-refractivity contribution in [2.75, 3.05) is 14.2 Å². The van der Waals surface area contributed by atoms with E-state index in [1.807, 2.05) is 13.8 Å². The van der Waals surface area contributed by atoms with Crippen molar-refractivity contribution in [3.63, 3.8) is 0 Å². The molecule has 0 bridgehead atoms. The van der Waals surface area contributed by atoms with Crippen molar-refractivity contribution in [1.82, 2.24) is 0 Å². The Balaban J connectivity index is 2.70. The number of methoxy groups -OCH3 is 2. The molecular weight excluding hydrogens is 274 g/mol. The summed E-state index contributed by atoms with van der Waals surface area (Å²) in [7, 11) is 3.33. The van der Waals surface area contributed by atoms with Gasteiger partial charge in [0.05, 0.1) is 19.2 Å². The minimum absolute atomic E-state index is 0.337. The van der Waals surface area contributed by atoms with Crippen LogP contribution in [0.4, 0.5) is 0 Å². The lowest BCUT2D eigenvalue weighted by molar-refractivity contribution is 0.285. The van der Waals surface area contributed by atoms with E-state index in [1.165, 1.54) is 6.42 Å². The van der Waals surface area contributed by atoms with Crippen LogP contribution in [0.2, 0.25) is 5.02 Å². The van der Waals surface area contributed by atoms with Crippen LogP contribution >= 0.6 is 11.6 Å². The summed E-state index contributed by atoms with van der Waals surface area (Å²) in [5, 5.41) is 0.616. The zero-order chi connectivity index (χ0) is 14.9. The van der Waals surface area contributed by atoms with Crippen molar-refractivity contribution in [2.24, 2.45) is 5.73 Å². The Kier molecular flexibility index (Phi) is 4.50. The fraction of sp³-hybridized carbons (Fsp3) is 0.625. The first-order chi connectivity index (χ1) is 9.46. The minimum Gasteiger partial charge on any atom is -0.496 e. The van der Waals surface area contributed by atoms with Crippen LogP contribution in [0.5, 0.6) is 11.5 Å². The average molecular weight is 298 g/mol. The molecule has 0 radical (unpaired) electrons. The van der Waals surface area contributed by atoms with Crippen molar-refractivity contribution in [3.05, 3.63) is 21.7 Å². The molecule has 0 amide bonds. The summed E-state index contributed by atoms with van der Waals surface area (Å²) < 4.78 is 11.1. The smallest absolute Gasteiger partial charge is 0.141 e. The van der Waals surface area contributed by atoms with Gasteiger partial charge in [0, 0.05) is 22.2 Å². The Morgan fingerprint density at radius 2 is 1.50 bits per heavy atom. The summed E-state index contributed by atoms with van der Waals surface area (Å²) in [6.07, 6.45) is 5.53. The molecule has 2 rings (SSSR count). The maximum absolute atomic E-state index is 6.72. The molecule has 0 aliphatic heterocycles. The highest BCUT2D eigenvalue weighted by Crippen LogP contribution is 2.48. The summed E-state index contributed by atoms with van der Waals surface area (Å²) in [4.78, 5) is 0. The lowest BCUT2D eigenvalue weighted by Gasteiger charge is -2.37. The Morgan fingerprint density at radius 3 is 2.00 bits per heavy atom. The molecule has 3 nitrogen and oxygen atoms in total. The molecule has 0 aromatic heterocycles. The van der Waals surface area contributed by atoms with E-state index < -0.39 is 0 Å². The van der Waals surface area contributed by atoms with Gasteiger partial charge >= 0.3 is 0 Å². The van der Waals surface area contributed by atoms with Crippen LogP contribution in [0.15, 0.2) is 0 Å². The van der Waals surface area contributed by atoms with Gasteiger partial charge in [0.15, 0.2) is 0 Å². The number of benzene rings is 1. The molecule has 1 aromatic rings. The van der Waals surface area contributed by atoms with E-state index in [-0.39, 0.29) is 5.54 Å². The van der Waals surface area contributed by atoms with Gasteiger partial charge in [-0.2, -0.15) is 0 Å². The molecule has 1 fully saturated rings. The molecule has 1 saturated carbocycles. The monoisotopic (exact) mass is 297 g/mol. The van der Waals surface area contributed by atoms with Crippen molar-refractivity contribution in [3.8, 4) is 11.5 Å². The predicted octanol–water partition coefficient (Wildman–Crippen LogP) is 4.09. The van der Waals surface area contributed by atoms with Gasteiger partial charge in [-0.15, -0.1) is 0 Å². The molecule has 0 unspecified atom stereocenters. The maximum Gasteiger partial charge on any atom is 0.141 e. The average Bonchev–Trinajstić information content (AvgIpc) is 2.43. The third-order valence-electron chi connectivity index (χ3n) is 4.46. The Morgan fingerprint density at radius 1 is 0.950 bits per heavy atom. The standard InChI is InChI=1S/C16H24ClNO2/c1-10-12(16(18)8-6-5-7-9-16)14(19-3)11(2)13(17)15(10)20-4/h5-9,18H2,1-4H3. The number of ether oxygens (including phenoxy) is 2. The Labute approximate surface area is 126 Å². The summed E-state index contributed by atoms with van der Waals surface area (Å²) >= 11 is 6.39. The first kappa shape index (κ1) is 15.5. The molecule has 0 spiro atoms. The summed E-state index contributed by atoms with van der Waals surface area (Å²) in [6, 6.07) is 0. The number of hydrogen-bond donors (Lipinski definition) is 1. The molecule has 112 valence electrons. The molecular formula is C16H24ClNO2. The molecule has 2 N–H and O–H groups in total. The first-order valence-corrected chi connectivity index (χ1v) is 7.54. The van der Waals surface area contributed by atoms with Gasteiger partial charge in [0.25, 0.3) is 0 Å². The van der Waals surface area contributed by atoms with Gasteiger partial charge in [-0.1, -0.05) is 30.9 Å². The van der Waals surface area contributed by atoms with Gasteiger partial charge < -0.3 is 15.2 Å². The fourth-order valence-corrected chi connectivity index (χ4v) is 3.74. The van der Waals surface area contributed by atoms with Gasteiger partial charge in [0.1, 0.15) is 11.5 Å². The second-order valence-corrected chi connectivity index (χ2v) is 6.10. The van der Waals surface area contributed by atoms with Crippen LogP contribution < -0.4 is 15.2 Å². The normalized spacial score (nSPS) is 17.9. The third kappa shape index (κ3) is 2.38. The summed E-state index contributed by atoms with van der Waals surface area (Å²) in [6.45, 7) is 3.98. The van der Waals surface area contributed by atoms with Crippen LogP contribution in [-0.4, -0.2) is 14.2 Å². The fourth-order valence-electron chi connectivity index (χ4n) is 3.44. The Hall–Kier alpha value is -0.930. The number of rotatable bonds is 3. The van der Waals surface area contributed by atoms with E-state index in [0.717, 1.165) is 53.9 Å². The number of hydrogen-bond acceptors (Lipinski definition) is 3. The number of halogens is 1. The molecule has 0 atom stereocenters. The number of nitrogens with two attached hydrogens (primary N) is 1. The lowest BCUT2D eigenvalue weighted by Crippen LogP contribution is -2.40. The lowest BCUT2D eigenvalue weighted by atomic mass is 9.75. The first-order valence-electron chi connectivity index (χ1n) is 7.16. The van der Waals surface area contributed by atoms with Crippen molar-refractivity contribution >= 4 is 11.6 Å². The van der Waals surface area contributed by atoms with Crippen LogP contribution in [0, 0.1) is 13.8 Å². The molecule has 1 aliphatic carbocycles. The van der Waals surface area contributed by atoms with Gasteiger partial charge in [-0.25, -0.2) is 0 Å². The SMILES string of the molecule is COc1c(C)c(C2(N)CCCCC2)c(OC)c(C)c1Cl. The van der Waals surface area contributed by atoms with Gasteiger partial charge in [-0.3, -0.25) is 0 Å². The summed E-state index contributed by atoms with van der Waals surface area (Å²) in [5.41, 5.74) is 9.36. The predicted molar refractivity (Wildman–Crippen MR) is 83.0 cm³/mol. The van der Waals surface area contributed by atoms with Crippen molar-refractivity contribution in [1.29, 1.82) is 0 Å². The van der Waals surface area contributed by atoms with E-state index in [1.54, 1.807) is 14.2 Å². The molecule has 1 aliphatic rings. The van der Waals surface area contributed by atoms with Crippen LogP contribution in [-0.2, 0) is 5.54 Å². The highest BCUT2D eigenvalue weighted by atomic mass is 35.5. The van der Waals surface area contributed by atoms with Crippen molar-refractivity contribution in [2.45, 2.75) is 51.5 Å². The van der Waals surface area contributed by atoms with Gasteiger partial charge in [-0.05, 0) is 26.7 Å². The largest absolute Gasteiger partial charge is 0.496 e. The van der Waals surface area contributed by atoms with E-state index >= 15 is 0 Å². The topological polar surface area (TPSA) is 44.5 Å².